The van der Waals surface area contributed by atoms with Crippen molar-refractivity contribution >= 4 is 6.03 Å². The molecule has 0 atom stereocenters. The monoisotopic (exact) mass is 477 g/mol. The first kappa shape index (κ1) is 24.1. The quantitative estimate of drug-likeness (QED) is 0.632. The Kier molecular flexibility index (Phi) is 6.30. The molecule has 2 aromatic rings. The fraction of sp³-hybridized carbons (Fsp3) is 0.552. The molecule has 2 saturated carbocycles. The molecule has 188 valence electrons. The van der Waals surface area contributed by atoms with Gasteiger partial charge in [0.05, 0.1) is 24.8 Å². The summed E-state index contributed by atoms with van der Waals surface area (Å²) < 4.78 is 5.30. The van der Waals surface area contributed by atoms with Gasteiger partial charge in [0.25, 0.3) is 0 Å². The molecule has 0 radical (unpaired) electrons. The summed E-state index contributed by atoms with van der Waals surface area (Å²) in [6.07, 6.45) is 6.46. The van der Waals surface area contributed by atoms with Crippen molar-refractivity contribution in [1.29, 1.82) is 0 Å². The number of urea groups is 1. The summed E-state index contributed by atoms with van der Waals surface area (Å²) in [4.78, 5) is 20.2. The highest BCUT2D eigenvalue weighted by atomic mass is 16.5. The van der Waals surface area contributed by atoms with Crippen LogP contribution in [0.25, 0.3) is 0 Å². The fourth-order valence-corrected chi connectivity index (χ4v) is 6.53. The van der Waals surface area contributed by atoms with Crippen LogP contribution in [0.3, 0.4) is 0 Å². The molecule has 0 unspecified atom stereocenters. The molecule has 1 aliphatic heterocycles. The van der Waals surface area contributed by atoms with Crippen LogP contribution in [0.1, 0.15) is 56.1 Å². The highest BCUT2D eigenvalue weighted by molar-refractivity contribution is 5.78. The van der Waals surface area contributed by atoms with Gasteiger partial charge in [0.2, 0.25) is 0 Å². The lowest BCUT2D eigenvalue weighted by atomic mass is 9.67. The lowest BCUT2D eigenvalue weighted by Gasteiger charge is -2.52. The minimum atomic E-state index is -0.728. The summed E-state index contributed by atoms with van der Waals surface area (Å²) in [6, 6.07) is 18.8. The smallest absolute Gasteiger partial charge is 0.321 e. The Morgan fingerprint density at radius 3 is 2.14 bits per heavy atom. The number of aliphatic hydroxyl groups is 1. The van der Waals surface area contributed by atoms with Gasteiger partial charge in [-0.1, -0.05) is 42.5 Å². The normalized spacial score (nSPS) is 28.0. The van der Waals surface area contributed by atoms with E-state index >= 15 is 0 Å². The highest BCUT2D eigenvalue weighted by Gasteiger charge is 2.56. The van der Waals surface area contributed by atoms with E-state index in [1.807, 2.05) is 29.2 Å². The van der Waals surface area contributed by atoms with Crippen LogP contribution in [0.5, 0.6) is 5.75 Å². The highest BCUT2D eigenvalue weighted by Crippen LogP contribution is 2.50. The Labute approximate surface area is 209 Å². The molecule has 2 aromatic carbocycles. The van der Waals surface area contributed by atoms with Gasteiger partial charge >= 0.3 is 6.03 Å². The van der Waals surface area contributed by atoms with Gasteiger partial charge in [-0.05, 0) is 82.3 Å². The second-order valence-corrected chi connectivity index (χ2v) is 11.2. The van der Waals surface area contributed by atoms with E-state index in [1.165, 1.54) is 5.56 Å². The number of benzene rings is 2. The molecule has 1 heterocycles. The molecule has 6 nitrogen and oxygen atoms in total. The van der Waals surface area contributed by atoms with E-state index in [0.717, 1.165) is 56.3 Å². The molecule has 1 spiro atoms. The first-order chi connectivity index (χ1) is 16.8. The van der Waals surface area contributed by atoms with Crippen LogP contribution >= 0.6 is 0 Å². The molecule has 3 aliphatic rings. The van der Waals surface area contributed by atoms with E-state index in [9.17, 15) is 9.90 Å². The Balaban J connectivity index is 1.40. The number of ether oxygens (including phenoxy) is 1. The largest absolute Gasteiger partial charge is 0.497 e. The summed E-state index contributed by atoms with van der Waals surface area (Å²) in [6.45, 7) is 1.74. The van der Waals surface area contributed by atoms with Crippen molar-refractivity contribution in [3.05, 3.63) is 65.7 Å². The van der Waals surface area contributed by atoms with Crippen molar-refractivity contribution in [2.75, 3.05) is 34.3 Å². The van der Waals surface area contributed by atoms with Gasteiger partial charge in [0.15, 0.2) is 0 Å². The summed E-state index contributed by atoms with van der Waals surface area (Å²) in [5.41, 5.74) is 1.46. The molecule has 5 rings (SSSR count). The molecule has 1 saturated heterocycles. The zero-order chi connectivity index (χ0) is 24.7. The molecular weight excluding hydrogens is 438 g/mol. The summed E-state index contributed by atoms with van der Waals surface area (Å²) >= 11 is 0. The van der Waals surface area contributed by atoms with E-state index in [4.69, 9.17) is 4.74 Å². The third-order valence-corrected chi connectivity index (χ3v) is 9.00. The number of hydrogen-bond donors (Lipinski definition) is 1. The molecule has 35 heavy (non-hydrogen) atoms. The summed E-state index contributed by atoms with van der Waals surface area (Å²) in [5, 5.41) is 11.1. The Hall–Kier alpha value is -2.57. The lowest BCUT2D eigenvalue weighted by Crippen LogP contribution is -2.59. The number of amides is 2. The van der Waals surface area contributed by atoms with Crippen molar-refractivity contribution in [2.45, 2.75) is 68.2 Å². The zero-order valence-corrected chi connectivity index (χ0v) is 21.4. The SMILES string of the molecule is COc1ccc(CN2C[C@]3(CC[C@](c4ccccc4)(N(C)C)CC3)N(CC3(O)CCC3)C2=O)cc1. The van der Waals surface area contributed by atoms with Crippen molar-refractivity contribution in [2.24, 2.45) is 0 Å². The zero-order valence-electron chi connectivity index (χ0n) is 21.4. The second-order valence-electron chi connectivity index (χ2n) is 11.2. The van der Waals surface area contributed by atoms with Crippen molar-refractivity contribution in [1.82, 2.24) is 14.7 Å². The first-order valence-electron chi connectivity index (χ1n) is 12.9. The average molecular weight is 478 g/mol. The number of rotatable bonds is 7. The van der Waals surface area contributed by atoms with E-state index in [0.29, 0.717) is 19.6 Å². The van der Waals surface area contributed by atoms with E-state index in [-0.39, 0.29) is 17.1 Å². The third-order valence-electron chi connectivity index (χ3n) is 9.00. The van der Waals surface area contributed by atoms with Gasteiger partial charge in [0, 0.05) is 18.6 Å². The first-order valence-corrected chi connectivity index (χ1v) is 12.9. The molecule has 2 aliphatic carbocycles. The van der Waals surface area contributed by atoms with E-state index in [1.54, 1.807) is 7.11 Å². The number of carbonyl (C=O) groups excluding carboxylic acids is 1. The summed E-state index contributed by atoms with van der Waals surface area (Å²) in [5.74, 6) is 0.819. The third kappa shape index (κ3) is 4.31. The number of nitrogens with zero attached hydrogens (tertiary/aromatic N) is 3. The second kappa shape index (κ2) is 9.14. The maximum Gasteiger partial charge on any atom is 0.321 e. The standard InChI is InChI=1S/C29H39N3O3/c1-30(2)29(24-8-5-4-6-9-24)18-16-27(17-19-29)21-31(20-23-10-12-25(35-3)13-11-23)26(33)32(27)22-28(34)14-7-15-28/h4-6,8-13,34H,7,14-22H2,1-3H3/t27-,29+. The van der Waals surface area contributed by atoms with Gasteiger partial charge in [-0.25, -0.2) is 4.79 Å². The van der Waals surface area contributed by atoms with E-state index < -0.39 is 5.60 Å². The molecule has 0 aromatic heterocycles. The maximum absolute atomic E-state index is 13.8. The lowest BCUT2D eigenvalue weighted by molar-refractivity contribution is -0.0725. The van der Waals surface area contributed by atoms with Gasteiger partial charge < -0.3 is 19.6 Å². The molecule has 0 bridgehead atoms. The predicted molar refractivity (Wildman–Crippen MR) is 137 cm³/mol. The number of β-amino-alcohol motifs (C(OH)–C–C–N with tert-alkyl or cyclic N) is 1. The molecular formula is C29H39N3O3. The average Bonchev–Trinajstić information content (AvgIpc) is 3.09. The van der Waals surface area contributed by atoms with E-state index in [2.05, 4.69) is 54.2 Å². The van der Waals surface area contributed by atoms with Crippen LogP contribution in [-0.4, -0.2) is 71.3 Å². The molecule has 1 N–H and O–H groups in total. The fourth-order valence-electron chi connectivity index (χ4n) is 6.53. The topological polar surface area (TPSA) is 56.3 Å². The van der Waals surface area contributed by atoms with Crippen LogP contribution in [0, 0.1) is 0 Å². The number of methoxy groups -OCH3 is 1. The minimum absolute atomic E-state index is 0.0298. The van der Waals surface area contributed by atoms with Gasteiger partial charge in [0.1, 0.15) is 5.75 Å². The van der Waals surface area contributed by atoms with Crippen molar-refractivity contribution in [3.63, 3.8) is 0 Å². The molecule has 6 heteroatoms. The number of hydrogen-bond acceptors (Lipinski definition) is 4. The minimum Gasteiger partial charge on any atom is -0.497 e. The van der Waals surface area contributed by atoms with Gasteiger partial charge in [-0.3, -0.25) is 4.90 Å². The Morgan fingerprint density at radius 2 is 1.60 bits per heavy atom. The van der Waals surface area contributed by atoms with Crippen LogP contribution in [0.15, 0.2) is 54.6 Å². The van der Waals surface area contributed by atoms with Crippen LogP contribution in [-0.2, 0) is 12.1 Å². The van der Waals surface area contributed by atoms with Crippen molar-refractivity contribution < 1.29 is 14.6 Å². The van der Waals surface area contributed by atoms with Crippen LogP contribution in [0.4, 0.5) is 4.79 Å². The Bertz CT molecular complexity index is 1020. The van der Waals surface area contributed by atoms with Gasteiger partial charge in [-0.2, -0.15) is 0 Å². The summed E-state index contributed by atoms with van der Waals surface area (Å²) in [7, 11) is 6.02. The Morgan fingerprint density at radius 1 is 0.943 bits per heavy atom. The number of carbonyl (C=O) groups is 1. The maximum atomic E-state index is 13.8. The molecule has 2 amide bonds. The predicted octanol–water partition coefficient (Wildman–Crippen LogP) is 4.62. The van der Waals surface area contributed by atoms with Gasteiger partial charge in [-0.15, -0.1) is 0 Å². The van der Waals surface area contributed by atoms with Crippen LogP contribution in [0.2, 0.25) is 0 Å². The van der Waals surface area contributed by atoms with Crippen molar-refractivity contribution in [3.8, 4) is 5.75 Å². The molecule has 3 fully saturated rings. The van der Waals surface area contributed by atoms with Crippen LogP contribution < -0.4 is 4.74 Å².